The van der Waals surface area contributed by atoms with Gasteiger partial charge in [-0.25, -0.2) is 0 Å². The Kier molecular flexibility index (Phi) is 5.29. The first-order valence-corrected chi connectivity index (χ1v) is 7.15. The maximum absolute atomic E-state index is 12.3. The Bertz CT molecular complexity index is 644. The molecule has 1 aromatic carbocycles. The van der Waals surface area contributed by atoms with Crippen LogP contribution in [0.4, 0.5) is 11.4 Å². The highest BCUT2D eigenvalue weighted by Gasteiger charge is 2.26. The number of nitrogens with zero attached hydrogens (tertiary/aromatic N) is 1. The van der Waals surface area contributed by atoms with E-state index in [-0.39, 0.29) is 44.2 Å². The smallest absolute Gasteiger partial charge is 0.305 e. The Balaban J connectivity index is 1.90. The fraction of sp³-hybridized carbons (Fsp3) is 0.333. The minimum atomic E-state index is -1.00. The molecule has 3 N–H and O–H groups in total. The van der Waals surface area contributed by atoms with Gasteiger partial charge in [-0.3, -0.25) is 19.2 Å². The fourth-order valence-electron chi connectivity index (χ4n) is 2.21. The van der Waals surface area contributed by atoms with Crippen molar-refractivity contribution in [3.8, 4) is 0 Å². The van der Waals surface area contributed by atoms with Crippen LogP contribution in [0.15, 0.2) is 24.3 Å². The Hall–Kier alpha value is -2.90. The lowest BCUT2D eigenvalue weighted by atomic mass is 10.1. The number of carboxylic acid groups (broad SMARTS) is 1. The van der Waals surface area contributed by atoms with Gasteiger partial charge < -0.3 is 20.6 Å². The third-order valence-corrected chi connectivity index (χ3v) is 3.30. The summed E-state index contributed by atoms with van der Waals surface area (Å²) in [6.45, 7) is -0.0617. The van der Waals surface area contributed by atoms with Gasteiger partial charge in [0.2, 0.25) is 17.7 Å². The molecule has 1 aliphatic rings. The number of carboxylic acids is 1. The molecule has 1 heterocycles. The van der Waals surface area contributed by atoms with Crippen LogP contribution in [0.5, 0.6) is 0 Å². The predicted molar refractivity (Wildman–Crippen MR) is 81.9 cm³/mol. The zero-order chi connectivity index (χ0) is 16.8. The number of rotatable bonds is 6. The maximum atomic E-state index is 12.3. The van der Waals surface area contributed by atoms with Crippen LogP contribution in [0.3, 0.4) is 0 Å². The van der Waals surface area contributed by atoms with Crippen molar-refractivity contribution in [1.82, 2.24) is 5.32 Å². The SMILES string of the molecule is O=C(O)CCNC(=O)CCC(=O)N1CC(=O)Nc2ccccc21. The van der Waals surface area contributed by atoms with E-state index in [1.165, 1.54) is 4.90 Å². The first-order valence-electron chi connectivity index (χ1n) is 7.15. The standard InChI is InChI=1S/C15H17N3O5/c19-12(16-8-7-15(22)23)5-6-14(21)18-9-13(20)17-10-3-1-2-4-11(10)18/h1-4H,5-9H2,(H,16,19)(H,17,20)(H,22,23). The van der Waals surface area contributed by atoms with Crippen molar-refractivity contribution in [2.75, 3.05) is 23.3 Å². The van der Waals surface area contributed by atoms with E-state index in [0.717, 1.165) is 0 Å². The van der Waals surface area contributed by atoms with Gasteiger partial charge in [0.05, 0.1) is 17.8 Å². The molecule has 0 saturated carbocycles. The van der Waals surface area contributed by atoms with E-state index >= 15 is 0 Å². The van der Waals surface area contributed by atoms with Crippen LogP contribution >= 0.6 is 0 Å². The van der Waals surface area contributed by atoms with E-state index in [4.69, 9.17) is 5.11 Å². The average Bonchev–Trinajstić information content (AvgIpc) is 2.51. The highest BCUT2D eigenvalue weighted by Crippen LogP contribution is 2.29. The molecule has 1 aliphatic heterocycles. The molecule has 3 amide bonds. The number of benzene rings is 1. The summed E-state index contributed by atoms with van der Waals surface area (Å²) in [7, 11) is 0. The first kappa shape index (κ1) is 16.5. The zero-order valence-corrected chi connectivity index (χ0v) is 12.4. The highest BCUT2D eigenvalue weighted by atomic mass is 16.4. The van der Waals surface area contributed by atoms with Crippen LogP contribution in [0.1, 0.15) is 19.3 Å². The Morgan fingerprint density at radius 2 is 1.91 bits per heavy atom. The zero-order valence-electron chi connectivity index (χ0n) is 12.4. The number of carbonyl (C=O) groups excluding carboxylic acids is 3. The van der Waals surface area contributed by atoms with Gasteiger partial charge >= 0.3 is 5.97 Å². The topological polar surface area (TPSA) is 116 Å². The molecule has 0 spiro atoms. The summed E-state index contributed by atoms with van der Waals surface area (Å²) in [5.74, 6) is -2.02. The monoisotopic (exact) mass is 319 g/mol. The van der Waals surface area contributed by atoms with Crippen molar-refractivity contribution in [2.45, 2.75) is 19.3 Å². The second-order valence-corrected chi connectivity index (χ2v) is 5.04. The summed E-state index contributed by atoms with van der Waals surface area (Å²) in [5, 5.41) is 13.6. The summed E-state index contributed by atoms with van der Waals surface area (Å²) >= 11 is 0. The Labute approximate surface area is 132 Å². The van der Waals surface area contributed by atoms with Gasteiger partial charge in [0.1, 0.15) is 6.54 Å². The molecule has 0 saturated heterocycles. The molecular formula is C15H17N3O5. The van der Waals surface area contributed by atoms with Crippen LogP contribution < -0.4 is 15.5 Å². The molecule has 1 aromatic rings. The van der Waals surface area contributed by atoms with Crippen molar-refractivity contribution >= 4 is 35.1 Å². The number of para-hydroxylation sites is 2. The summed E-state index contributed by atoms with van der Waals surface area (Å²) in [5.41, 5.74) is 1.16. The van der Waals surface area contributed by atoms with Gasteiger partial charge in [0, 0.05) is 19.4 Å². The lowest BCUT2D eigenvalue weighted by Gasteiger charge is -2.29. The maximum Gasteiger partial charge on any atom is 0.305 e. The van der Waals surface area contributed by atoms with Crippen LogP contribution in [0.25, 0.3) is 0 Å². The summed E-state index contributed by atoms with van der Waals surface area (Å²) in [6, 6.07) is 6.93. The average molecular weight is 319 g/mol. The van der Waals surface area contributed by atoms with Crippen molar-refractivity contribution in [1.29, 1.82) is 0 Å². The number of aliphatic carboxylic acids is 1. The van der Waals surface area contributed by atoms with Crippen molar-refractivity contribution < 1.29 is 24.3 Å². The van der Waals surface area contributed by atoms with Crippen molar-refractivity contribution in [3.05, 3.63) is 24.3 Å². The fourth-order valence-corrected chi connectivity index (χ4v) is 2.21. The molecule has 8 nitrogen and oxygen atoms in total. The second-order valence-electron chi connectivity index (χ2n) is 5.04. The summed E-state index contributed by atoms with van der Waals surface area (Å²) in [6.07, 6.45) is -0.279. The van der Waals surface area contributed by atoms with Gasteiger partial charge in [-0.05, 0) is 12.1 Å². The van der Waals surface area contributed by atoms with E-state index in [9.17, 15) is 19.2 Å². The third kappa shape index (κ3) is 4.53. The molecular weight excluding hydrogens is 302 g/mol. The van der Waals surface area contributed by atoms with E-state index < -0.39 is 11.9 Å². The number of fused-ring (bicyclic) bond motifs is 1. The quantitative estimate of drug-likeness (QED) is 0.699. The molecule has 23 heavy (non-hydrogen) atoms. The van der Waals surface area contributed by atoms with E-state index in [1.807, 2.05) is 0 Å². The number of hydrogen-bond acceptors (Lipinski definition) is 4. The third-order valence-electron chi connectivity index (χ3n) is 3.30. The normalized spacial score (nSPS) is 13.0. The van der Waals surface area contributed by atoms with Crippen LogP contribution in [0, 0.1) is 0 Å². The van der Waals surface area contributed by atoms with Crippen LogP contribution in [0.2, 0.25) is 0 Å². The Morgan fingerprint density at radius 3 is 2.65 bits per heavy atom. The largest absolute Gasteiger partial charge is 0.481 e. The Morgan fingerprint density at radius 1 is 1.17 bits per heavy atom. The minimum absolute atomic E-state index is 0.0251. The second kappa shape index (κ2) is 7.39. The molecule has 0 bridgehead atoms. The molecule has 0 fully saturated rings. The molecule has 2 rings (SSSR count). The number of carbonyl (C=O) groups is 4. The molecule has 0 unspecified atom stereocenters. The van der Waals surface area contributed by atoms with Gasteiger partial charge in [-0.2, -0.15) is 0 Å². The number of nitrogens with one attached hydrogen (secondary N) is 2. The molecule has 0 aromatic heterocycles. The molecule has 0 radical (unpaired) electrons. The van der Waals surface area contributed by atoms with Gasteiger partial charge in [0.25, 0.3) is 0 Å². The molecule has 0 atom stereocenters. The van der Waals surface area contributed by atoms with Crippen LogP contribution in [-0.4, -0.2) is 41.9 Å². The highest BCUT2D eigenvalue weighted by molar-refractivity contribution is 6.10. The molecule has 122 valence electrons. The predicted octanol–water partition coefficient (Wildman–Crippen LogP) is 0.343. The van der Waals surface area contributed by atoms with E-state index in [1.54, 1.807) is 24.3 Å². The lowest BCUT2D eigenvalue weighted by molar-refractivity contribution is -0.137. The van der Waals surface area contributed by atoms with Crippen molar-refractivity contribution in [3.63, 3.8) is 0 Å². The van der Waals surface area contributed by atoms with Gasteiger partial charge in [-0.15, -0.1) is 0 Å². The number of hydrogen-bond donors (Lipinski definition) is 3. The molecule has 8 heteroatoms. The number of anilines is 2. The van der Waals surface area contributed by atoms with Crippen LogP contribution in [-0.2, 0) is 19.2 Å². The van der Waals surface area contributed by atoms with Gasteiger partial charge in [-0.1, -0.05) is 12.1 Å². The summed E-state index contributed by atoms with van der Waals surface area (Å²) < 4.78 is 0. The lowest BCUT2D eigenvalue weighted by Crippen LogP contribution is -2.42. The van der Waals surface area contributed by atoms with E-state index in [0.29, 0.717) is 11.4 Å². The van der Waals surface area contributed by atoms with Gasteiger partial charge in [0.15, 0.2) is 0 Å². The van der Waals surface area contributed by atoms with Crippen molar-refractivity contribution in [2.24, 2.45) is 0 Å². The first-order chi connectivity index (χ1) is 11.0. The number of amides is 3. The minimum Gasteiger partial charge on any atom is -0.481 e. The summed E-state index contributed by atoms with van der Waals surface area (Å²) in [4.78, 5) is 47.2. The molecule has 0 aliphatic carbocycles. The van der Waals surface area contributed by atoms with E-state index in [2.05, 4.69) is 10.6 Å².